The molecule has 0 aromatic heterocycles. The number of unbranched alkanes of at least 4 members (excludes halogenated alkanes) is 32. The Bertz CT molecular complexity index is 1140. The van der Waals surface area contributed by atoms with Crippen LogP contribution in [0.2, 0.25) is 0 Å². The third kappa shape index (κ3) is 52.2. The molecule has 0 aromatic carbocycles. The van der Waals surface area contributed by atoms with Gasteiger partial charge in [0.15, 0.2) is 6.10 Å². The molecule has 0 bridgehead atoms. The van der Waals surface area contributed by atoms with E-state index in [0.717, 1.165) is 89.9 Å². The number of hydrogen-bond acceptors (Lipinski definition) is 6. The first-order chi connectivity index (χ1) is 32.0. The Morgan fingerprint density at radius 3 is 0.877 bits per heavy atom. The molecule has 0 fully saturated rings. The van der Waals surface area contributed by atoms with Gasteiger partial charge < -0.3 is 14.2 Å². The van der Waals surface area contributed by atoms with Crippen molar-refractivity contribution in [3.8, 4) is 0 Å². The predicted octanol–water partition coefficient (Wildman–Crippen LogP) is 18.7. The van der Waals surface area contributed by atoms with Crippen molar-refractivity contribution in [3.05, 3.63) is 48.6 Å². The van der Waals surface area contributed by atoms with Crippen molar-refractivity contribution in [2.45, 2.75) is 297 Å². The molecule has 1 unspecified atom stereocenters. The highest BCUT2D eigenvalue weighted by Crippen LogP contribution is 2.15. The zero-order valence-electron chi connectivity index (χ0n) is 43.3. The van der Waals surface area contributed by atoms with Crippen LogP contribution < -0.4 is 0 Å². The summed E-state index contributed by atoms with van der Waals surface area (Å²) in [6, 6.07) is 0. The lowest BCUT2D eigenvalue weighted by molar-refractivity contribution is -0.167. The van der Waals surface area contributed by atoms with Crippen LogP contribution in [0.4, 0.5) is 0 Å². The maximum absolute atomic E-state index is 12.8. The van der Waals surface area contributed by atoms with E-state index < -0.39 is 6.10 Å². The second-order valence-corrected chi connectivity index (χ2v) is 18.8. The Balaban J connectivity index is 4.38. The lowest BCUT2D eigenvalue weighted by Gasteiger charge is -2.18. The Labute approximate surface area is 403 Å². The van der Waals surface area contributed by atoms with Gasteiger partial charge in [0.2, 0.25) is 0 Å². The van der Waals surface area contributed by atoms with Crippen molar-refractivity contribution < 1.29 is 28.6 Å². The van der Waals surface area contributed by atoms with Gasteiger partial charge in [0.25, 0.3) is 0 Å². The molecule has 0 aliphatic rings. The molecule has 0 heterocycles. The third-order valence-corrected chi connectivity index (χ3v) is 12.3. The normalized spacial score (nSPS) is 12.4. The lowest BCUT2D eigenvalue weighted by Crippen LogP contribution is -2.30. The summed E-state index contributed by atoms with van der Waals surface area (Å²) < 4.78 is 16.8. The maximum atomic E-state index is 12.8. The molecule has 1 atom stereocenters. The molecule has 0 radical (unpaired) electrons. The number of allylic oxidation sites excluding steroid dienone is 8. The summed E-state index contributed by atoms with van der Waals surface area (Å²) in [5.74, 6) is -0.896. The smallest absolute Gasteiger partial charge is 0.306 e. The van der Waals surface area contributed by atoms with E-state index in [-0.39, 0.29) is 31.1 Å². The van der Waals surface area contributed by atoms with Crippen molar-refractivity contribution in [1.29, 1.82) is 0 Å². The maximum Gasteiger partial charge on any atom is 0.306 e. The molecule has 0 saturated carbocycles. The fourth-order valence-corrected chi connectivity index (χ4v) is 7.99. The van der Waals surface area contributed by atoms with Crippen molar-refractivity contribution >= 4 is 17.9 Å². The molecule has 6 nitrogen and oxygen atoms in total. The van der Waals surface area contributed by atoms with Gasteiger partial charge in [-0.3, -0.25) is 14.4 Å². The first-order valence-electron chi connectivity index (χ1n) is 28.1. The second kappa shape index (κ2) is 54.0. The Morgan fingerprint density at radius 1 is 0.308 bits per heavy atom. The van der Waals surface area contributed by atoms with Gasteiger partial charge >= 0.3 is 17.9 Å². The van der Waals surface area contributed by atoms with Crippen molar-refractivity contribution in [2.24, 2.45) is 0 Å². The van der Waals surface area contributed by atoms with Crippen LogP contribution in [-0.2, 0) is 28.6 Å². The number of ether oxygens (including phenoxy) is 3. The number of rotatable bonds is 51. The minimum Gasteiger partial charge on any atom is -0.462 e. The monoisotopic (exact) mass is 911 g/mol. The quantitative estimate of drug-likeness (QED) is 0.0262. The average molecular weight is 911 g/mol. The van der Waals surface area contributed by atoms with E-state index in [2.05, 4.69) is 69.4 Å². The number of hydrogen-bond donors (Lipinski definition) is 0. The van der Waals surface area contributed by atoms with Gasteiger partial charge in [-0.2, -0.15) is 0 Å². The van der Waals surface area contributed by atoms with Gasteiger partial charge in [-0.1, -0.05) is 217 Å². The first kappa shape index (κ1) is 62.4. The van der Waals surface area contributed by atoms with Crippen LogP contribution in [0.1, 0.15) is 290 Å². The first-order valence-corrected chi connectivity index (χ1v) is 28.1. The fourth-order valence-electron chi connectivity index (χ4n) is 7.99. The van der Waals surface area contributed by atoms with Crippen LogP contribution in [0.15, 0.2) is 48.6 Å². The zero-order valence-corrected chi connectivity index (χ0v) is 43.3. The highest BCUT2D eigenvalue weighted by atomic mass is 16.6. The highest BCUT2D eigenvalue weighted by Gasteiger charge is 2.19. The van der Waals surface area contributed by atoms with E-state index in [0.29, 0.717) is 19.3 Å². The van der Waals surface area contributed by atoms with Gasteiger partial charge in [0.05, 0.1) is 0 Å². The van der Waals surface area contributed by atoms with E-state index in [1.807, 2.05) is 0 Å². The minimum atomic E-state index is -0.783. The van der Waals surface area contributed by atoms with E-state index in [1.54, 1.807) is 0 Å². The van der Waals surface area contributed by atoms with Crippen LogP contribution in [-0.4, -0.2) is 37.2 Å². The molecule has 65 heavy (non-hydrogen) atoms. The topological polar surface area (TPSA) is 78.9 Å². The standard InChI is InChI=1S/C59H106O6/c1-4-7-10-13-16-19-22-25-27-29-30-32-34-37-40-43-46-49-52-58(61)64-55-56(54-63-57(60)51-48-45-42-39-36-33-24-21-18-15-12-9-6-3)65-59(62)53-50-47-44-41-38-35-31-28-26-23-20-17-14-11-8-5-2/h19,21-22,24,27-29,31,56H,4-18,20,23,25-26,30,32-55H2,1-3H3/b22-19-,24-21-,29-27-,31-28-. The number of carbonyl (C=O) groups excluding carboxylic acids is 3. The van der Waals surface area contributed by atoms with Gasteiger partial charge in [0.1, 0.15) is 13.2 Å². The third-order valence-electron chi connectivity index (χ3n) is 12.3. The summed E-state index contributed by atoms with van der Waals surface area (Å²) in [7, 11) is 0. The molecule has 0 rings (SSSR count). The Kier molecular flexibility index (Phi) is 51.8. The van der Waals surface area contributed by atoms with Crippen LogP contribution in [0.3, 0.4) is 0 Å². The van der Waals surface area contributed by atoms with Crippen molar-refractivity contribution in [3.63, 3.8) is 0 Å². The van der Waals surface area contributed by atoms with Crippen molar-refractivity contribution in [2.75, 3.05) is 13.2 Å². The van der Waals surface area contributed by atoms with Gasteiger partial charge in [-0.05, 0) is 103 Å². The average Bonchev–Trinajstić information content (AvgIpc) is 3.30. The predicted molar refractivity (Wildman–Crippen MR) is 279 cm³/mol. The van der Waals surface area contributed by atoms with E-state index in [4.69, 9.17) is 14.2 Å². The molecule has 0 aliphatic carbocycles. The minimum absolute atomic E-state index is 0.0820. The van der Waals surface area contributed by atoms with E-state index in [9.17, 15) is 14.4 Å². The fraction of sp³-hybridized carbons (Fsp3) is 0.814. The molecule has 0 saturated heterocycles. The van der Waals surface area contributed by atoms with Gasteiger partial charge in [0, 0.05) is 19.3 Å². The van der Waals surface area contributed by atoms with E-state index >= 15 is 0 Å². The second-order valence-electron chi connectivity index (χ2n) is 18.8. The highest BCUT2D eigenvalue weighted by molar-refractivity contribution is 5.71. The molecular weight excluding hydrogens is 805 g/mol. The Morgan fingerprint density at radius 2 is 0.554 bits per heavy atom. The Hall–Kier alpha value is -2.63. The summed E-state index contributed by atoms with van der Waals surface area (Å²) in [6.07, 6.45) is 65.2. The summed E-state index contributed by atoms with van der Waals surface area (Å²) in [5, 5.41) is 0. The van der Waals surface area contributed by atoms with Crippen LogP contribution in [0.25, 0.3) is 0 Å². The van der Waals surface area contributed by atoms with Crippen LogP contribution in [0, 0.1) is 0 Å². The van der Waals surface area contributed by atoms with Crippen molar-refractivity contribution in [1.82, 2.24) is 0 Å². The molecule has 6 heteroatoms. The van der Waals surface area contributed by atoms with Gasteiger partial charge in [-0.25, -0.2) is 0 Å². The summed E-state index contributed by atoms with van der Waals surface area (Å²) >= 11 is 0. The van der Waals surface area contributed by atoms with Gasteiger partial charge in [-0.15, -0.1) is 0 Å². The molecule has 0 amide bonds. The molecule has 0 aromatic rings. The largest absolute Gasteiger partial charge is 0.462 e. The number of esters is 3. The molecule has 0 aliphatic heterocycles. The lowest BCUT2D eigenvalue weighted by atomic mass is 10.1. The SMILES string of the molecule is CCCCCC/C=C\C/C=C\CCCCCCCCCC(=O)OCC(COC(=O)CCCCCCC/C=C\CCCCCC)OC(=O)CCCCCCC/C=C\CCCCCCCCC. The summed E-state index contributed by atoms with van der Waals surface area (Å²) in [4.78, 5) is 38.1. The number of carbonyl (C=O) groups is 3. The van der Waals surface area contributed by atoms with Crippen LogP contribution >= 0.6 is 0 Å². The molecule has 0 spiro atoms. The van der Waals surface area contributed by atoms with E-state index in [1.165, 1.54) is 161 Å². The summed E-state index contributed by atoms with van der Waals surface area (Å²) in [6.45, 7) is 6.61. The zero-order chi connectivity index (χ0) is 47.2. The summed E-state index contributed by atoms with van der Waals surface area (Å²) in [5.41, 5.74) is 0. The molecular formula is C59H106O6. The molecule has 0 N–H and O–H groups in total. The van der Waals surface area contributed by atoms with Crippen LogP contribution in [0.5, 0.6) is 0 Å². The molecule has 378 valence electrons.